The highest BCUT2D eigenvalue weighted by atomic mass is 16.2. The zero-order valence-electron chi connectivity index (χ0n) is 14.4. The molecule has 3 rings (SSSR count). The van der Waals surface area contributed by atoms with Crippen molar-refractivity contribution in [3.05, 3.63) is 35.9 Å². The number of amides is 3. The van der Waals surface area contributed by atoms with E-state index in [1.165, 1.54) is 0 Å². The molecule has 0 unspecified atom stereocenters. The van der Waals surface area contributed by atoms with Gasteiger partial charge in [0.25, 0.3) is 0 Å². The van der Waals surface area contributed by atoms with E-state index in [1.54, 1.807) is 4.90 Å². The van der Waals surface area contributed by atoms with Gasteiger partial charge in [-0.3, -0.25) is 14.4 Å². The van der Waals surface area contributed by atoms with E-state index in [1.807, 2.05) is 30.3 Å². The quantitative estimate of drug-likeness (QED) is 0.860. The molecule has 6 nitrogen and oxygen atoms in total. The molecule has 0 aromatic heterocycles. The lowest BCUT2D eigenvalue weighted by Crippen LogP contribution is -2.55. The minimum Gasteiger partial charge on any atom is -0.354 e. The van der Waals surface area contributed by atoms with E-state index < -0.39 is 12.1 Å². The van der Waals surface area contributed by atoms with Crippen LogP contribution in [0.15, 0.2) is 30.3 Å². The van der Waals surface area contributed by atoms with Crippen molar-refractivity contribution in [1.29, 1.82) is 0 Å². The van der Waals surface area contributed by atoms with Crippen molar-refractivity contribution in [2.75, 3.05) is 13.1 Å². The summed E-state index contributed by atoms with van der Waals surface area (Å²) >= 11 is 0. The number of carbonyl (C=O) groups excluding carboxylic acids is 3. The van der Waals surface area contributed by atoms with Gasteiger partial charge in [0, 0.05) is 25.9 Å². The van der Waals surface area contributed by atoms with Crippen molar-refractivity contribution in [1.82, 2.24) is 15.5 Å². The van der Waals surface area contributed by atoms with Gasteiger partial charge in [-0.15, -0.1) is 0 Å². The smallest absolute Gasteiger partial charge is 0.245 e. The molecule has 2 aliphatic rings. The highest BCUT2D eigenvalue weighted by Crippen LogP contribution is 2.17. The van der Waals surface area contributed by atoms with Crippen molar-refractivity contribution in [3.63, 3.8) is 0 Å². The zero-order chi connectivity index (χ0) is 17.6. The van der Waals surface area contributed by atoms with Gasteiger partial charge >= 0.3 is 0 Å². The van der Waals surface area contributed by atoms with Gasteiger partial charge in [0.2, 0.25) is 17.7 Å². The van der Waals surface area contributed by atoms with Gasteiger partial charge in [0.05, 0.1) is 0 Å². The molecule has 0 bridgehead atoms. The summed E-state index contributed by atoms with van der Waals surface area (Å²) in [4.78, 5) is 39.1. The molecule has 25 heavy (non-hydrogen) atoms. The van der Waals surface area contributed by atoms with E-state index in [-0.39, 0.29) is 17.7 Å². The molecule has 2 N–H and O–H groups in total. The molecule has 0 spiro atoms. The summed E-state index contributed by atoms with van der Waals surface area (Å²) in [5, 5.41) is 5.74. The standard InChI is InChI=1S/C19H25N3O3/c23-17-10-5-4-9-15(21-17)19(25)22-12-6-11-20-18(24)16(22)13-14-7-2-1-3-8-14/h1-3,7-8,15-16H,4-6,9-13H2,(H,20,24)(H,21,23)/t15-,16-/m0/s1. The Morgan fingerprint density at radius 2 is 1.92 bits per heavy atom. The molecule has 1 aromatic rings. The van der Waals surface area contributed by atoms with E-state index in [4.69, 9.17) is 0 Å². The summed E-state index contributed by atoms with van der Waals surface area (Å²) in [6.07, 6.45) is 3.98. The van der Waals surface area contributed by atoms with Crippen LogP contribution in [0.25, 0.3) is 0 Å². The SMILES string of the molecule is O=C1CCCC[C@@H](C(=O)N2CCCNC(=O)[C@@H]2Cc2ccccc2)N1. The number of benzene rings is 1. The number of carbonyl (C=O) groups is 3. The lowest BCUT2D eigenvalue weighted by atomic mass is 10.0. The van der Waals surface area contributed by atoms with Gasteiger partial charge in [-0.25, -0.2) is 0 Å². The second-order valence-corrected chi connectivity index (χ2v) is 6.75. The largest absolute Gasteiger partial charge is 0.354 e. The fourth-order valence-corrected chi connectivity index (χ4v) is 3.54. The summed E-state index contributed by atoms with van der Waals surface area (Å²) in [6, 6.07) is 8.68. The molecule has 0 saturated carbocycles. The minimum atomic E-state index is -0.530. The molecule has 134 valence electrons. The molecule has 0 radical (unpaired) electrons. The van der Waals surface area contributed by atoms with E-state index >= 15 is 0 Å². The third-order valence-electron chi connectivity index (χ3n) is 4.89. The Hall–Kier alpha value is -2.37. The summed E-state index contributed by atoms with van der Waals surface area (Å²) < 4.78 is 0. The van der Waals surface area contributed by atoms with E-state index in [0.29, 0.717) is 32.4 Å². The number of hydrogen-bond donors (Lipinski definition) is 2. The minimum absolute atomic E-state index is 0.0743. The molecule has 6 heteroatoms. The Morgan fingerprint density at radius 1 is 1.12 bits per heavy atom. The summed E-state index contributed by atoms with van der Waals surface area (Å²) in [5.41, 5.74) is 1.02. The maximum atomic E-state index is 13.1. The maximum absolute atomic E-state index is 13.1. The van der Waals surface area contributed by atoms with Crippen molar-refractivity contribution in [2.45, 2.75) is 50.6 Å². The van der Waals surface area contributed by atoms with Crippen molar-refractivity contribution >= 4 is 17.7 Å². The number of hydrogen-bond acceptors (Lipinski definition) is 3. The maximum Gasteiger partial charge on any atom is 0.245 e. The van der Waals surface area contributed by atoms with Gasteiger partial charge in [0.15, 0.2) is 0 Å². The molecule has 2 aliphatic heterocycles. The van der Waals surface area contributed by atoms with Crippen LogP contribution in [-0.4, -0.2) is 47.8 Å². The Balaban J connectivity index is 1.80. The Bertz CT molecular complexity index is 632. The molecule has 2 fully saturated rings. The molecule has 2 atom stereocenters. The van der Waals surface area contributed by atoms with Crippen LogP contribution in [-0.2, 0) is 20.8 Å². The molecule has 3 amide bonds. The highest BCUT2D eigenvalue weighted by Gasteiger charge is 2.35. The van der Waals surface area contributed by atoms with Crippen LogP contribution in [0.2, 0.25) is 0 Å². The monoisotopic (exact) mass is 343 g/mol. The Morgan fingerprint density at radius 3 is 2.72 bits per heavy atom. The van der Waals surface area contributed by atoms with Gasteiger partial charge in [-0.1, -0.05) is 36.8 Å². The molecular formula is C19H25N3O3. The first-order chi connectivity index (χ1) is 12.1. The Labute approximate surface area is 148 Å². The second kappa shape index (κ2) is 8.14. The van der Waals surface area contributed by atoms with Crippen molar-refractivity contribution in [3.8, 4) is 0 Å². The molecular weight excluding hydrogens is 318 g/mol. The van der Waals surface area contributed by atoms with Gasteiger partial charge < -0.3 is 15.5 Å². The lowest BCUT2D eigenvalue weighted by molar-refractivity contribution is -0.142. The third-order valence-corrected chi connectivity index (χ3v) is 4.89. The van der Waals surface area contributed by atoms with Gasteiger partial charge in [0.1, 0.15) is 12.1 Å². The number of rotatable bonds is 3. The summed E-state index contributed by atoms with van der Waals surface area (Å²) in [6.45, 7) is 1.10. The summed E-state index contributed by atoms with van der Waals surface area (Å²) in [7, 11) is 0. The predicted octanol–water partition coefficient (Wildman–Crippen LogP) is 1.01. The first-order valence-corrected chi connectivity index (χ1v) is 9.06. The van der Waals surface area contributed by atoms with E-state index in [9.17, 15) is 14.4 Å². The Kier molecular flexibility index (Phi) is 5.68. The molecule has 1 aromatic carbocycles. The van der Waals surface area contributed by atoms with Crippen molar-refractivity contribution < 1.29 is 14.4 Å². The topological polar surface area (TPSA) is 78.5 Å². The van der Waals surface area contributed by atoms with E-state index in [2.05, 4.69) is 10.6 Å². The fraction of sp³-hybridized carbons (Fsp3) is 0.526. The van der Waals surface area contributed by atoms with Crippen LogP contribution in [0.5, 0.6) is 0 Å². The third kappa shape index (κ3) is 4.38. The molecule has 2 saturated heterocycles. The van der Waals surface area contributed by atoms with E-state index in [0.717, 1.165) is 24.8 Å². The van der Waals surface area contributed by atoms with Crippen LogP contribution >= 0.6 is 0 Å². The van der Waals surface area contributed by atoms with Crippen LogP contribution < -0.4 is 10.6 Å². The van der Waals surface area contributed by atoms with Crippen LogP contribution in [0.1, 0.15) is 37.7 Å². The normalized spacial score (nSPS) is 24.7. The van der Waals surface area contributed by atoms with Gasteiger partial charge in [-0.2, -0.15) is 0 Å². The summed E-state index contributed by atoms with van der Waals surface area (Å²) in [5.74, 6) is -0.322. The van der Waals surface area contributed by atoms with Crippen LogP contribution in [0.4, 0.5) is 0 Å². The number of nitrogens with zero attached hydrogens (tertiary/aromatic N) is 1. The first-order valence-electron chi connectivity index (χ1n) is 9.06. The average molecular weight is 343 g/mol. The predicted molar refractivity (Wildman–Crippen MR) is 93.7 cm³/mol. The zero-order valence-corrected chi connectivity index (χ0v) is 14.4. The van der Waals surface area contributed by atoms with Crippen LogP contribution in [0, 0.1) is 0 Å². The fourth-order valence-electron chi connectivity index (χ4n) is 3.54. The van der Waals surface area contributed by atoms with Crippen LogP contribution in [0.3, 0.4) is 0 Å². The first kappa shape index (κ1) is 17.5. The highest BCUT2D eigenvalue weighted by molar-refractivity contribution is 5.92. The second-order valence-electron chi connectivity index (χ2n) is 6.75. The molecule has 0 aliphatic carbocycles. The number of nitrogens with one attached hydrogen (secondary N) is 2. The average Bonchev–Trinajstić information content (AvgIpc) is 2.94. The van der Waals surface area contributed by atoms with Crippen molar-refractivity contribution in [2.24, 2.45) is 0 Å². The van der Waals surface area contributed by atoms with Gasteiger partial charge in [-0.05, 0) is 24.8 Å². The lowest BCUT2D eigenvalue weighted by Gasteiger charge is -2.31. The molecule has 2 heterocycles.